The minimum Gasteiger partial charge on any atom is -0.497 e. The van der Waals surface area contributed by atoms with Crippen LogP contribution in [0.4, 0.5) is 8.78 Å². The van der Waals surface area contributed by atoms with Crippen LogP contribution < -0.4 is 9.47 Å². The highest BCUT2D eigenvalue weighted by Gasteiger charge is 2.58. The smallest absolute Gasteiger partial charge is 0.378 e. The molecule has 0 bridgehead atoms. The topological polar surface area (TPSA) is 76.0 Å². The average Bonchev–Trinajstić information content (AvgIpc) is 2.37. The van der Waals surface area contributed by atoms with Crippen molar-refractivity contribution in [3.63, 3.8) is 0 Å². The number of carboxylic acids is 1. The number of rotatable bonds is 5. The Bertz CT molecular complexity index is 485. The first kappa shape index (κ1) is 15.2. The standard InChI is InChI=1S/C12H14F2O5/c1-11(17,12(13,14)10(15)16)8-6-7(18-2)4-5-9(8)19-3/h4-6,17H,1-3H3,(H,15,16). The fraction of sp³-hybridized carbons (Fsp3) is 0.417. The molecule has 0 saturated heterocycles. The van der Waals surface area contributed by atoms with Gasteiger partial charge in [0.1, 0.15) is 11.5 Å². The summed E-state index contributed by atoms with van der Waals surface area (Å²) >= 11 is 0. The van der Waals surface area contributed by atoms with Gasteiger partial charge in [0.25, 0.3) is 0 Å². The summed E-state index contributed by atoms with van der Waals surface area (Å²) in [6.45, 7) is 0.707. The summed E-state index contributed by atoms with van der Waals surface area (Å²) in [6, 6.07) is 3.85. The normalized spacial score (nSPS) is 14.6. The molecule has 1 unspecified atom stereocenters. The minimum absolute atomic E-state index is 0.0632. The van der Waals surface area contributed by atoms with E-state index in [1.807, 2.05) is 0 Å². The van der Waals surface area contributed by atoms with Crippen LogP contribution in [-0.4, -0.2) is 36.3 Å². The van der Waals surface area contributed by atoms with Crippen LogP contribution in [0.3, 0.4) is 0 Å². The Morgan fingerprint density at radius 3 is 2.26 bits per heavy atom. The van der Waals surface area contributed by atoms with Crippen LogP contribution in [-0.2, 0) is 10.4 Å². The molecule has 1 aromatic carbocycles. The van der Waals surface area contributed by atoms with Crippen molar-refractivity contribution in [1.82, 2.24) is 0 Å². The second kappa shape index (κ2) is 5.00. The van der Waals surface area contributed by atoms with Gasteiger partial charge in [-0.3, -0.25) is 0 Å². The molecule has 0 radical (unpaired) electrons. The monoisotopic (exact) mass is 276 g/mol. The Balaban J connectivity index is 3.45. The second-order valence-electron chi connectivity index (χ2n) is 4.02. The fourth-order valence-corrected chi connectivity index (χ4v) is 1.57. The lowest BCUT2D eigenvalue weighted by Gasteiger charge is -2.31. The summed E-state index contributed by atoms with van der Waals surface area (Å²) < 4.78 is 37.0. The Morgan fingerprint density at radius 1 is 1.26 bits per heavy atom. The van der Waals surface area contributed by atoms with Gasteiger partial charge in [-0.25, -0.2) is 4.79 Å². The van der Waals surface area contributed by atoms with Crippen LogP contribution in [0.15, 0.2) is 18.2 Å². The highest BCUT2D eigenvalue weighted by atomic mass is 19.3. The number of benzene rings is 1. The molecule has 0 fully saturated rings. The third kappa shape index (κ3) is 2.46. The van der Waals surface area contributed by atoms with Crippen LogP contribution in [0.25, 0.3) is 0 Å². The molecule has 1 rings (SSSR count). The van der Waals surface area contributed by atoms with Crippen molar-refractivity contribution in [2.24, 2.45) is 0 Å². The molecule has 0 spiro atoms. The number of alkyl halides is 2. The molecule has 19 heavy (non-hydrogen) atoms. The number of carboxylic acid groups (broad SMARTS) is 1. The Hall–Kier alpha value is -1.89. The number of aliphatic carboxylic acids is 1. The van der Waals surface area contributed by atoms with Gasteiger partial charge in [0.2, 0.25) is 0 Å². The average molecular weight is 276 g/mol. The second-order valence-corrected chi connectivity index (χ2v) is 4.02. The largest absolute Gasteiger partial charge is 0.497 e. The molecule has 0 amide bonds. The first-order valence-electron chi connectivity index (χ1n) is 5.24. The zero-order chi connectivity index (χ0) is 14.8. The van der Waals surface area contributed by atoms with Crippen LogP contribution in [0.5, 0.6) is 11.5 Å². The predicted molar refractivity (Wildman–Crippen MR) is 61.7 cm³/mol. The highest BCUT2D eigenvalue weighted by Crippen LogP contribution is 2.42. The third-order valence-electron chi connectivity index (χ3n) is 2.81. The van der Waals surface area contributed by atoms with E-state index in [9.17, 15) is 18.7 Å². The lowest BCUT2D eigenvalue weighted by molar-refractivity contribution is -0.207. The van der Waals surface area contributed by atoms with E-state index < -0.39 is 17.5 Å². The van der Waals surface area contributed by atoms with Crippen molar-refractivity contribution < 1.29 is 33.3 Å². The molecule has 5 nitrogen and oxygen atoms in total. The number of aliphatic hydroxyl groups is 1. The zero-order valence-electron chi connectivity index (χ0n) is 10.6. The van der Waals surface area contributed by atoms with Gasteiger partial charge in [-0.05, 0) is 25.1 Å². The molecule has 1 atom stereocenters. The summed E-state index contributed by atoms with van der Waals surface area (Å²) in [6.07, 6.45) is 0. The fourth-order valence-electron chi connectivity index (χ4n) is 1.57. The van der Waals surface area contributed by atoms with Crippen molar-refractivity contribution in [3.05, 3.63) is 23.8 Å². The van der Waals surface area contributed by atoms with Crippen molar-refractivity contribution >= 4 is 5.97 Å². The maximum absolute atomic E-state index is 13.6. The molecule has 0 saturated carbocycles. The first-order valence-corrected chi connectivity index (χ1v) is 5.24. The first-order chi connectivity index (χ1) is 8.68. The lowest BCUT2D eigenvalue weighted by atomic mass is 9.88. The van der Waals surface area contributed by atoms with Gasteiger partial charge < -0.3 is 19.7 Å². The number of carbonyl (C=O) groups is 1. The van der Waals surface area contributed by atoms with E-state index in [0.29, 0.717) is 6.92 Å². The molecule has 0 aliphatic carbocycles. The van der Waals surface area contributed by atoms with E-state index in [0.717, 1.165) is 6.07 Å². The highest BCUT2D eigenvalue weighted by molar-refractivity contribution is 5.77. The van der Waals surface area contributed by atoms with Gasteiger partial charge in [0.15, 0.2) is 5.60 Å². The number of ether oxygens (including phenoxy) is 2. The molecular weight excluding hydrogens is 262 g/mol. The van der Waals surface area contributed by atoms with E-state index >= 15 is 0 Å². The zero-order valence-corrected chi connectivity index (χ0v) is 10.6. The third-order valence-corrected chi connectivity index (χ3v) is 2.81. The molecular formula is C12H14F2O5. The number of methoxy groups -OCH3 is 2. The van der Waals surface area contributed by atoms with Crippen LogP contribution in [0.1, 0.15) is 12.5 Å². The maximum atomic E-state index is 13.6. The number of halogens is 2. The van der Waals surface area contributed by atoms with Crippen molar-refractivity contribution in [2.75, 3.05) is 14.2 Å². The summed E-state index contributed by atoms with van der Waals surface area (Å²) in [4.78, 5) is 10.6. The van der Waals surface area contributed by atoms with Gasteiger partial charge in [-0.15, -0.1) is 0 Å². The van der Waals surface area contributed by atoms with E-state index in [2.05, 4.69) is 0 Å². The quantitative estimate of drug-likeness (QED) is 0.854. The summed E-state index contributed by atoms with van der Waals surface area (Å²) in [5.74, 6) is -6.68. The van der Waals surface area contributed by atoms with Crippen molar-refractivity contribution in [2.45, 2.75) is 18.4 Å². The van der Waals surface area contributed by atoms with Crippen LogP contribution >= 0.6 is 0 Å². The molecule has 0 aromatic heterocycles. The van der Waals surface area contributed by atoms with Crippen molar-refractivity contribution in [1.29, 1.82) is 0 Å². The summed E-state index contributed by atoms with van der Waals surface area (Å²) in [5, 5.41) is 18.5. The Morgan fingerprint density at radius 2 is 1.84 bits per heavy atom. The molecule has 1 aromatic rings. The molecule has 0 heterocycles. The molecule has 0 aliphatic rings. The van der Waals surface area contributed by atoms with Gasteiger partial charge in [-0.2, -0.15) is 8.78 Å². The number of hydrogen-bond acceptors (Lipinski definition) is 4. The van der Waals surface area contributed by atoms with E-state index in [-0.39, 0.29) is 17.1 Å². The lowest BCUT2D eigenvalue weighted by Crippen LogP contribution is -2.49. The Kier molecular flexibility index (Phi) is 4.00. The SMILES string of the molecule is COc1ccc(OC)c(C(C)(O)C(F)(F)C(=O)O)c1. The predicted octanol–water partition coefficient (Wildman–Crippen LogP) is 1.63. The molecule has 7 heteroatoms. The summed E-state index contributed by atoms with van der Waals surface area (Å²) in [7, 11) is 2.54. The summed E-state index contributed by atoms with van der Waals surface area (Å²) in [5.41, 5.74) is -3.32. The minimum atomic E-state index is -4.38. The van der Waals surface area contributed by atoms with Crippen LogP contribution in [0.2, 0.25) is 0 Å². The van der Waals surface area contributed by atoms with E-state index in [1.54, 1.807) is 0 Å². The van der Waals surface area contributed by atoms with E-state index in [1.165, 1.54) is 26.4 Å². The number of hydrogen-bond donors (Lipinski definition) is 2. The molecule has 0 aliphatic heterocycles. The van der Waals surface area contributed by atoms with E-state index in [4.69, 9.17) is 14.6 Å². The molecule has 106 valence electrons. The van der Waals surface area contributed by atoms with Gasteiger partial charge in [-0.1, -0.05) is 0 Å². The van der Waals surface area contributed by atoms with Crippen molar-refractivity contribution in [3.8, 4) is 11.5 Å². The Labute approximate surface area is 108 Å². The maximum Gasteiger partial charge on any atom is 0.378 e. The molecule has 2 N–H and O–H groups in total. The van der Waals surface area contributed by atoms with Gasteiger partial charge in [0, 0.05) is 5.56 Å². The van der Waals surface area contributed by atoms with Gasteiger partial charge >= 0.3 is 11.9 Å². The van der Waals surface area contributed by atoms with Crippen LogP contribution in [0, 0.1) is 0 Å². The van der Waals surface area contributed by atoms with Gasteiger partial charge in [0.05, 0.1) is 14.2 Å².